The minimum absolute atomic E-state index is 0.00926. The number of hydrogen-bond acceptors (Lipinski definition) is 3. The molecule has 0 aliphatic heterocycles. The van der Waals surface area contributed by atoms with Gasteiger partial charge in [-0.15, -0.1) is 0 Å². The Labute approximate surface area is 127 Å². The average Bonchev–Trinajstić information content (AvgIpc) is 2.39. The third-order valence-electron chi connectivity index (χ3n) is 3.03. The lowest BCUT2D eigenvalue weighted by atomic mass is 9.96. The highest BCUT2D eigenvalue weighted by molar-refractivity contribution is 6.30. The topological polar surface area (TPSA) is 58.6 Å². The van der Waals surface area contributed by atoms with Gasteiger partial charge in [0.2, 0.25) is 5.91 Å². The van der Waals surface area contributed by atoms with Crippen molar-refractivity contribution in [3.8, 4) is 5.75 Å². The lowest BCUT2D eigenvalue weighted by Crippen LogP contribution is -2.35. The van der Waals surface area contributed by atoms with Gasteiger partial charge in [-0.05, 0) is 24.1 Å². The molecule has 1 rings (SSSR count). The number of benzene rings is 1. The minimum Gasteiger partial charge on any atom is -0.434 e. The summed E-state index contributed by atoms with van der Waals surface area (Å²) >= 11 is 5.81. The van der Waals surface area contributed by atoms with Gasteiger partial charge in [-0.25, -0.2) is 0 Å². The fourth-order valence-corrected chi connectivity index (χ4v) is 2.00. The average molecular weight is 322 g/mol. The SMILES string of the molecule is CC(C)[C@@H](CO)C(=O)NCc1cc(Cl)ccc1OC(F)F. The summed E-state index contributed by atoms with van der Waals surface area (Å²) < 4.78 is 29.0. The summed E-state index contributed by atoms with van der Waals surface area (Å²) in [6.07, 6.45) is 0. The van der Waals surface area contributed by atoms with E-state index in [2.05, 4.69) is 10.1 Å². The van der Waals surface area contributed by atoms with Crippen molar-refractivity contribution in [1.82, 2.24) is 5.32 Å². The van der Waals surface area contributed by atoms with Crippen LogP contribution in [0.15, 0.2) is 18.2 Å². The second-order valence-electron chi connectivity index (χ2n) is 4.88. The van der Waals surface area contributed by atoms with Crippen LogP contribution in [-0.4, -0.2) is 24.2 Å². The Kier molecular flexibility index (Phi) is 6.84. The first-order valence-electron chi connectivity index (χ1n) is 6.47. The number of carbonyl (C=O) groups is 1. The molecular formula is C14H18ClF2NO3. The molecule has 1 aromatic rings. The standard InChI is InChI=1S/C14H18ClF2NO3/c1-8(2)11(7-19)13(20)18-6-9-5-10(15)3-4-12(9)21-14(16)17/h3-5,8,11,14,19H,6-7H2,1-2H3,(H,18,20)/t11-/m1/s1. The van der Waals surface area contributed by atoms with Crippen molar-refractivity contribution < 1.29 is 23.4 Å². The number of hydrogen-bond donors (Lipinski definition) is 2. The summed E-state index contributed by atoms with van der Waals surface area (Å²) in [4.78, 5) is 11.9. The van der Waals surface area contributed by atoms with Gasteiger partial charge in [0.25, 0.3) is 0 Å². The molecule has 0 spiro atoms. The molecule has 1 aromatic carbocycles. The third kappa shape index (κ3) is 5.47. The smallest absolute Gasteiger partial charge is 0.387 e. The largest absolute Gasteiger partial charge is 0.434 e. The summed E-state index contributed by atoms with van der Waals surface area (Å²) in [7, 11) is 0. The first-order valence-corrected chi connectivity index (χ1v) is 6.84. The van der Waals surface area contributed by atoms with Crippen LogP contribution in [0.2, 0.25) is 5.02 Å². The Balaban J connectivity index is 2.78. The number of amides is 1. The van der Waals surface area contributed by atoms with Gasteiger partial charge >= 0.3 is 6.61 Å². The van der Waals surface area contributed by atoms with Crippen molar-refractivity contribution in [2.24, 2.45) is 11.8 Å². The third-order valence-corrected chi connectivity index (χ3v) is 3.26. The van der Waals surface area contributed by atoms with E-state index in [0.29, 0.717) is 10.6 Å². The molecule has 0 saturated heterocycles. The molecule has 0 unspecified atom stereocenters. The number of nitrogens with one attached hydrogen (secondary N) is 1. The zero-order valence-electron chi connectivity index (χ0n) is 11.8. The summed E-state index contributed by atoms with van der Waals surface area (Å²) in [6, 6.07) is 4.19. The number of aliphatic hydroxyl groups excluding tert-OH is 1. The Hall–Kier alpha value is -1.40. The van der Waals surface area contributed by atoms with Gasteiger partial charge in [-0.2, -0.15) is 8.78 Å². The number of aliphatic hydroxyl groups is 1. The number of halogens is 3. The van der Waals surface area contributed by atoms with Crippen LogP contribution in [0.3, 0.4) is 0 Å². The van der Waals surface area contributed by atoms with Gasteiger partial charge in [-0.3, -0.25) is 4.79 Å². The van der Waals surface area contributed by atoms with Gasteiger partial charge in [0.05, 0.1) is 12.5 Å². The maximum atomic E-state index is 12.3. The molecule has 0 bridgehead atoms. The molecule has 4 nitrogen and oxygen atoms in total. The summed E-state index contributed by atoms with van der Waals surface area (Å²) in [5, 5.41) is 12.1. The zero-order valence-corrected chi connectivity index (χ0v) is 12.5. The Morgan fingerprint density at radius 1 is 1.43 bits per heavy atom. The van der Waals surface area contributed by atoms with Crippen LogP contribution >= 0.6 is 11.6 Å². The van der Waals surface area contributed by atoms with Crippen molar-refractivity contribution in [3.05, 3.63) is 28.8 Å². The molecular weight excluding hydrogens is 304 g/mol. The van der Waals surface area contributed by atoms with Crippen LogP contribution in [0.4, 0.5) is 8.78 Å². The van der Waals surface area contributed by atoms with E-state index in [1.54, 1.807) is 0 Å². The van der Waals surface area contributed by atoms with Crippen LogP contribution in [0.25, 0.3) is 0 Å². The van der Waals surface area contributed by atoms with E-state index in [0.717, 1.165) is 0 Å². The van der Waals surface area contributed by atoms with E-state index < -0.39 is 12.5 Å². The predicted molar refractivity (Wildman–Crippen MR) is 75.3 cm³/mol. The van der Waals surface area contributed by atoms with Crippen LogP contribution in [-0.2, 0) is 11.3 Å². The zero-order chi connectivity index (χ0) is 16.0. The number of ether oxygens (including phenoxy) is 1. The number of carbonyl (C=O) groups excluding carboxylic acids is 1. The fraction of sp³-hybridized carbons (Fsp3) is 0.500. The molecule has 0 radical (unpaired) electrons. The molecule has 0 saturated carbocycles. The highest BCUT2D eigenvalue weighted by Crippen LogP contribution is 2.24. The fourth-order valence-electron chi connectivity index (χ4n) is 1.81. The van der Waals surface area contributed by atoms with Gasteiger partial charge in [0.1, 0.15) is 5.75 Å². The van der Waals surface area contributed by atoms with Crippen molar-refractivity contribution in [2.45, 2.75) is 27.0 Å². The lowest BCUT2D eigenvalue weighted by molar-refractivity contribution is -0.127. The van der Waals surface area contributed by atoms with Crippen molar-refractivity contribution in [1.29, 1.82) is 0 Å². The summed E-state index contributed by atoms with van der Waals surface area (Å²) in [5.74, 6) is -0.981. The van der Waals surface area contributed by atoms with E-state index in [4.69, 9.17) is 11.6 Å². The van der Waals surface area contributed by atoms with Gasteiger partial charge in [0, 0.05) is 17.1 Å². The molecule has 0 aromatic heterocycles. The molecule has 0 heterocycles. The number of rotatable bonds is 7. The Bertz CT molecular complexity index is 483. The molecule has 1 atom stereocenters. The van der Waals surface area contributed by atoms with Crippen molar-refractivity contribution in [3.63, 3.8) is 0 Å². The van der Waals surface area contributed by atoms with E-state index in [1.165, 1.54) is 18.2 Å². The second-order valence-corrected chi connectivity index (χ2v) is 5.32. The van der Waals surface area contributed by atoms with Crippen LogP contribution in [0, 0.1) is 11.8 Å². The molecule has 21 heavy (non-hydrogen) atoms. The first kappa shape index (κ1) is 17.7. The molecule has 7 heteroatoms. The second kappa shape index (κ2) is 8.14. The van der Waals surface area contributed by atoms with E-state index in [1.807, 2.05) is 13.8 Å². The summed E-state index contributed by atoms with van der Waals surface area (Å²) in [5.41, 5.74) is 0.344. The molecule has 0 aliphatic carbocycles. The predicted octanol–water partition coefficient (Wildman–Crippen LogP) is 2.82. The van der Waals surface area contributed by atoms with Crippen LogP contribution in [0.1, 0.15) is 19.4 Å². The highest BCUT2D eigenvalue weighted by Gasteiger charge is 2.21. The quantitative estimate of drug-likeness (QED) is 0.812. The lowest BCUT2D eigenvalue weighted by Gasteiger charge is -2.18. The van der Waals surface area contributed by atoms with E-state index in [-0.39, 0.29) is 30.7 Å². The molecule has 2 N–H and O–H groups in total. The maximum Gasteiger partial charge on any atom is 0.387 e. The molecule has 1 amide bonds. The molecule has 0 aliphatic rings. The van der Waals surface area contributed by atoms with E-state index in [9.17, 15) is 18.7 Å². The highest BCUT2D eigenvalue weighted by atomic mass is 35.5. The normalized spacial score (nSPS) is 12.6. The monoisotopic (exact) mass is 321 g/mol. The van der Waals surface area contributed by atoms with Crippen molar-refractivity contribution in [2.75, 3.05) is 6.61 Å². The van der Waals surface area contributed by atoms with Gasteiger partial charge in [0.15, 0.2) is 0 Å². The van der Waals surface area contributed by atoms with E-state index >= 15 is 0 Å². The first-order chi connectivity index (χ1) is 9.85. The Morgan fingerprint density at radius 3 is 2.62 bits per heavy atom. The van der Waals surface area contributed by atoms with Gasteiger partial charge in [-0.1, -0.05) is 25.4 Å². The Morgan fingerprint density at radius 2 is 2.10 bits per heavy atom. The maximum absolute atomic E-state index is 12.3. The molecule has 0 fully saturated rings. The van der Waals surface area contributed by atoms with Crippen molar-refractivity contribution >= 4 is 17.5 Å². The number of alkyl halides is 2. The van der Waals surface area contributed by atoms with Crippen LogP contribution in [0.5, 0.6) is 5.75 Å². The minimum atomic E-state index is -2.96. The molecule has 118 valence electrons. The summed E-state index contributed by atoms with van der Waals surface area (Å²) in [6.45, 7) is 0.377. The van der Waals surface area contributed by atoms with Crippen LogP contribution < -0.4 is 10.1 Å². The van der Waals surface area contributed by atoms with Gasteiger partial charge < -0.3 is 15.2 Å².